The average Bonchev–Trinajstić information content (AvgIpc) is 2.66. The van der Waals surface area contributed by atoms with E-state index in [9.17, 15) is 10.2 Å². The lowest BCUT2D eigenvalue weighted by Crippen LogP contribution is -2.50. The summed E-state index contributed by atoms with van der Waals surface area (Å²) in [6.07, 6.45) is 0.0713. The molecule has 0 bridgehead atoms. The first-order valence-corrected chi connectivity index (χ1v) is 8.95. The van der Waals surface area contributed by atoms with Crippen LogP contribution in [0.3, 0.4) is 0 Å². The first-order valence-electron chi connectivity index (χ1n) is 8.95. The molecular weight excluding hydrogens is 346 g/mol. The van der Waals surface area contributed by atoms with Crippen LogP contribution in [0.1, 0.15) is 29.7 Å². The van der Waals surface area contributed by atoms with Crippen molar-refractivity contribution in [2.24, 2.45) is 0 Å². The van der Waals surface area contributed by atoms with Crippen molar-refractivity contribution in [3.8, 4) is 34.1 Å². The Hall–Kier alpha value is -2.44. The first-order chi connectivity index (χ1) is 12.9. The summed E-state index contributed by atoms with van der Waals surface area (Å²) in [5.74, 6) is 1.57. The number of aromatic hydroxyl groups is 1. The minimum atomic E-state index is -0.663. The SMILES string of the molecule is COc1cc2c3c(c1O)-c1c(ccc(OC)c1OC)CC3(C)N(C)CC2O. The van der Waals surface area contributed by atoms with Crippen LogP contribution in [-0.4, -0.2) is 50.0 Å². The topological polar surface area (TPSA) is 71.4 Å². The zero-order valence-corrected chi connectivity index (χ0v) is 16.3. The highest BCUT2D eigenvalue weighted by molar-refractivity contribution is 5.89. The van der Waals surface area contributed by atoms with Crippen molar-refractivity contribution in [3.05, 3.63) is 34.9 Å². The number of nitrogens with zero attached hydrogens (tertiary/aromatic N) is 1. The third kappa shape index (κ3) is 2.26. The molecule has 0 saturated carbocycles. The van der Waals surface area contributed by atoms with E-state index in [1.165, 1.54) is 7.11 Å². The van der Waals surface area contributed by atoms with Crippen LogP contribution in [0.25, 0.3) is 11.1 Å². The summed E-state index contributed by atoms with van der Waals surface area (Å²) in [5.41, 5.74) is 3.84. The highest BCUT2D eigenvalue weighted by Crippen LogP contribution is 2.58. The van der Waals surface area contributed by atoms with Crippen LogP contribution in [0, 0.1) is 0 Å². The third-order valence-electron chi connectivity index (χ3n) is 6.12. The summed E-state index contributed by atoms with van der Waals surface area (Å²) in [7, 11) is 6.70. The van der Waals surface area contributed by atoms with Crippen LogP contribution in [0.4, 0.5) is 0 Å². The van der Waals surface area contributed by atoms with E-state index in [4.69, 9.17) is 14.2 Å². The number of aliphatic hydroxyl groups is 1. The second kappa shape index (κ2) is 6.04. The maximum Gasteiger partial charge on any atom is 0.168 e. The molecule has 0 spiro atoms. The van der Waals surface area contributed by atoms with Crippen LogP contribution in [0.2, 0.25) is 0 Å². The molecule has 1 aliphatic heterocycles. The van der Waals surface area contributed by atoms with Gasteiger partial charge in [0.2, 0.25) is 0 Å². The molecule has 1 aliphatic carbocycles. The minimum Gasteiger partial charge on any atom is -0.504 e. The van der Waals surface area contributed by atoms with Crippen molar-refractivity contribution in [2.75, 3.05) is 34.9 Å². The molecule has 0 aromatic heterocycles. The molecule has 4 rings (SSSR count). The van der Waals surface area contributed by atoms with Gasteiger partial charge in [-0.2, -0.15) is 0 Å². The Morgan fingerprint density at radius 1 is 1.07 bits per heavy atom. The molecule has 6 nitrogen and oxygen atoms in total. The van der Waals surface area contributed by atoms with E-state index >= 15 is 0 Å². The van der Waals surface area contributed by atoms with Gasteiger partial charge in [-0.15, -0.1) is 0 Å². The molecule has 2 unspecified atom stereocenters. The van der Waals surface area contributed by atoms with Gasteiger partial charge < -0.3 is 24.4 Å². The molecule has 6 heteroatoms. The summed E-state index contributed by atoms with van der Waals surface area (Å²) >= 11 is 0. The molecule has 2 aromatic rings. The predicted molar refractivity (Wildman–Crippen MR) is 102 cm³/mol. The molecule has 0 saturated heterocycles. The molecule has 144 valence electrons. The number of ether oxygens (including phenoxy) is 3. The van der Waals surface area contributed by atoms with E-state index in [1.54, 1.807) is 20.3 Å². The monoisotopic (exact) mass is 371 g/mol. The van der Waals surface area contributed by atoms with E-state index in [-0.39, 0.29) is 11.3 Å². The van der Waals surface area contributed by atoms with Crippen molar-refractivity contribution < 1.29 is 24.4 Å². The second-order valence-corrected chi connectivity index (χ2v) is 7.45. The summed E-state index contributed by atoms with van der Waals surface area (Å²) in [6, 6.07) is 5.66. The first kappa shape index (κ1) is 17.9. The Kier molecular flexibility index (Phi) is 4.01. The zero-order valence-electron chi connectivity index (χ0n) is 16.3. The molecule has 2 atom stereocenters. The largest absolute Gasteiger partial charge is 0.504 e. The van der Waals surface area contributed by atoms with Gasteiger partial charge in [-0.3, -0.25) is 4.90 Å². The number of rotatable bonds is 3. The highest BCUT2D eigenvalue weighted by Gasteiger charge is 2.47. The number of β-amino-alcohol motifs (C(OH)–C–C–N with tert-alkyl or cyclic N) is 1. The van der Waals surface area contributed by atoms with Crippen molar-refractivity contribution in [1.29, 1.82) is 0 Å². The summed E-state index contributed by atoms with van der Waals surface area (Å²) in [4.78, 5) is 2.15. The molecule has 0 amide bonds. The quantitative estimate of drug-likeness (QED) is 0.865. The van der Waals surface area contributed by atoms with Crippen LogP contribution in [0.15, 0.2) is 18.2 Å². The number of phenolic OH excluding ortho intramolecular Hbond substituents is 1. The summed E-state index contributed by atoms with van der Waals surface area (Å²) in [6.45, 7) is 2.66. The molecule has 2 aromatic carbocycles. The number of benzene rings is 2. The summed E-state index contributed by atoms with van der Waals surface area (Å²) < 4.78 is 16.6. The van der Waals surface area contributed by atoms with Crippen molar-refractivity contribution in [3.63, 3.8) is 0 Å². The highest BCUT2D eigenvalue weighted by atomic mass is 16.5. The number of methoxy groups -OCH3 is 3. The lowest BCUT2D eigenvalue weighted by Gasteiger charge is -2.50. The Morgan fingerprint density at radius 3 is 2.41 bits per heavy atom. The van der Waals surface area contributed by atoms with E-state index in [2.05, 4.69) is 11.8 Å². The maximum atomic E-state index is 11.1. The maximum absolute atomic E-state index is 11.1. The van der Waals surface area contributed by atoms with Gasteiger partial charge in [-0.1, -0.05) is 6.07 Å². The number of hydrogen-bond donors (Lipinski definition) is 2. The van der Waals surface area contributed by atoms with E-state index < -0.39 is 6.10 Å². The van der Waals surface area contributed by atoms with Gasteiger partial charge in [0.05, 0.1) is 27.4 Å². The van der Waals surface area contributed by atoms with Gasteiger partial charge in [-0.05, 0) is 49.2 Å². The Bertz CT molecular complexity index is 926. The number of likely N-dealkylation sites (N-methyl/N-ethyl adjacent to an activating group) is 1. The molecule has 2 N–H and O–H groups in total. The Labute approximate surface area is 158 Å². The zero-order chi connectivity index (χ0) is 19.5. The van der Waals surface area contributed by atoms with Crippen LogP contribution < -0.4 is 14.2 Å². The fourth-order valence-electron chi connectivity index (χ4n) is 4.64. The fraction of sp³-hybridized carbons (Fsp3) is 0.429. The van der Waals surface area contributed by atoms with E-state index in [0.717, 1.165) is 28.7 Å². The van der Waals surface area contributed by atoms with Crippen LogP contribution in [-0.2, 0) is 12.0 Å². The second-order valence-electron chi connectivity index (χ2n) is 7.45. The van der Waals surface area contributed by atoms with Gasteiger partial charge in [0, 0.05) is 23.2 Å². The van der Waals surface area contributed by atoms with Gasteiger partial charge in [0.1, 0.15) is 0 Å². The normalized spacial score (nSPS) is 23.4. The lowest BCUT2D eigenvalue weighted by atomic mass is 9.68. The van der Waals surface area contributed by atoms with Crippen molar-refractivity contribution >= 4 is 0 Å². The van der Waals surface area contributed by atoms with E-state index in [1.807, 2.05) is 19.2 Å². The molecule has 1 heterocycles. The molecule has 2 aliphatic rings. The molecular formula is C21H25NO5. The molecule has 0 radical (unpaired) electrons. The standard InChI is InChI=1S/C21H25NO5/c1-21-9-11-6-7-14(25-3)20(27-5)16(11)17-18(21)12(13(23)10-22(21)2)8-15(26-4)19(17)24/h6-8,13,23-24H,9-10H2,1-5H3. The smallest absolute Gasteiger partial charge is 0.168 e. The number of phenols is 1. The number of aliphatic hydroxyl groups excluding tert-OH is 1. The Morgan fingerprint density at radius 2 is 1.78 bits per heavy atom. The van der Waals surface area contributed by atoms with E-state index in [0.29, 0.717) is 29.4 Å². The predicted octanol–water partition coefficient (Wildman–Crippen LogP) is 2.84. The number of fused-ring (bicyclic) bond motifs is 2. The van der Waals surface area contributed by atoms with Gasteiger partial charge in [-0.25, -0.2) is 0 Å². The number of hydrogen-bond acceptors (Lipinski definition) is 6. The van der Waals surface area contributed by atoms with Gasteiger partial charge in [0.25, 0.3) is 0 Å². The van der Waals surface area contributed by atoms with Gasteiger partial charge >= 0.3 is 0 Å². The minimum absolute atomic E-state index is 0.0532. The third-order valence-corrected chi connectivity index (χ3v) is 6.12. The average molecular weight is 371 g/mol. The summed E-state index contributed by atoms with van der Waals surface area (Å²) in [5, 5.41) is 21.9. The lowest BCUT2D eigenvalue weighted by molar-refractivity contribution is 0.0354. The van der Waals surface area contributed by atoms with Crippen molar-refractivity contribution in [2.45, 2.75) is 25.0 Å². The molecule has 0 fully saturated rings. The Balaban J connectivity index is 2.17. The fourth-order valence-corrected chi connectivity index (χ4v) is 4.64. The van der Waals surface area contributed by atoms with Gasteiger partial charge in [0.15, 0.2) is 23.0 Å². The van der Waals surface area contributed by atoms with Crippen LogP contribution in [0.5, 0.6) is 23.0 Å². The van der Waals surface area contributed by atoms with Crippen LogP contribution >= 0.6 is 0 Å². The van der Waals surface area contributed by atoms with Crippen molar-refractivity contribution in [1.82, 2.24) is 4.90 Å². The molecule has 27 heavy (non-hydrogen) atoms.